The molecule has 2 aliphatic heterocycles. The molecule has 2 heterocycles. The Morgan fingerprint density at radius 1 is 1.50 bits per heavy atom. The lowest BCUT2D eigenvalue weighted by Gasteiger charge is -2.38. The molecule has 0 spiro atoms. The molecule has 1 atom stereocenters. The van der Waals surface area contributed by atoms with E-state index < -0.39 is 0 Å². The van der Waals surface area contributed by atoms with Crippen molar-refractivity contribution in [2.45, 2.75) is 45.1 Å². The summed E-state index contributed by atoms with van der Waals surface area (Å²) in [4.78, 5) is 2.47. The second kappa shape index (κ2) is 5.89. The van der Waals surface area contributed by atoms with E-state index in [0.717, 1.165) is 45.5 Å². The first-order chi connectivity index (χ1) is 8.64. The monoisotopic (exact) mass is 255 g/mol. The molecule has 2 fully saturated rings. The minimum atomic E-state index is -0.130. The van der Waals surface area contributed by atoms with E-state index in [9.17, 15) is 0 Å². The molecule has 18 heavy (non-hydrogen) atoms. The molecule has 0 aromatic heterocycles. The van der Waals surface area contributed by atoms with Gasteiger partial charge in [-0.2, -0.15) is 0 Å². The predicted molar refractivity (Wildman–Crippen MR) is 70.8 cm³/mol. The highest BCUT2D eigenvalue weighted by Gasteiger charge is 2.34. The number of amidine groups is 1. The Balaban J connectivity index is 1.72. The summed E-state index contributed by atoms with van der Waals surface area (Å²) in [6.45, 7) is 6.18. The average Bonchev–Trinajstić information content (AvgIpc) is 2.90. The van der Waals surface area contributed by atoms with Crippen molar-refractivity contribution in [3.63, 3.8) is 0 Å². The average molecular weight is 255 g/mol. The molecule has 104 valence electrons. The number of likely N-dealkylation sites (tertiary alicyclic amines) is 1. The van der Waals surface area contributed by atoms with Crippen LogP contribution in [0.3, 0.4) is 0 Å². The van der Waals surface area contributed by atoms with Gasteiger partial charge in [0.25, 0.3) is 0 Å². The van der Waals surface area contributed by atoms with E-state index in [0.29, 0.717) is 11.9 Å². The van der Waals surface area contributed by atoms with Crippen LogP contribution in [0.1, 0.15) is 39.0 Å². The molecular weight excluding hydrogens is 230 g/mol. The lowest BCUT2D eigenvalue weighted by Crippen LogP contribution is -2.46. The van der Waals surface area contributed by atoms with Crippen molar-refractivity contribution in [2.24, 2.45) is 16.3 Å². The lowest BCUT2D eigenvalue weighted by molar-refractivity contribution is 0.0819. The summed E-state index contributed by atoms with van der Waals surface area (Å²) in [6, 6.07) is 0. The number of hydrogen-bond donors (Lipinski definition) is 2. The van der Waals surface area contributed by atoms with Crippen molar-refractivity contribution >= 4 is 5.84 Å². The third kappa shape index (κ3) is 3.14. The number of rotatable bonds is 4. The third-order valence-electron chi connectivity index (χ3n) is 4.48. The molecule has 2 rings (SSSR count). The van der Waals surface area contributed by atoms with Gasteiger partial charge in [0.2, 0.25) is 0 Å². The Morgan fingerprint density at radius 2 is 2.22 bits per heavy atom. The van der Waals surface area contributed by atoms with Gasteiger partial charge in [0.15, 0.2) is 0 Å². The molecule has 0 aromatic rings. The zero-order chi connectivity index (χ0) is 13.0. The molecule has 1 unspecified atom stereocenters. The van der Waals surface area contributed by atoms with Gasteiger partial charge in [-0.3, -0.25) is 0 Å². The quantitative estimate of drug-likeness (QED) is 0.345. The normalized spacial score (nSPS) is 29.6. The van der Waals surface area contributed by atoms with Gasteiger partial charge >= 0.3 is 0 Å². The van der Waals surface area contributed by atoms with E-state index in [4.69, 9.17) is 15.7 Å². The van der Waals surface area contributed by atoms with Crippen LogP contribution in [-0.2, 0) is 4.74 Å². The lowest BCUT2D eigenvalue weighted by atomic mass is 9.79. The summed E-state index contributed by atoms with van der Waals surface area (Å²) in [6.07, 6.45) is 5.98. The first-order valence-corrected chi connectivity index (χ1v) is 6.96. The maximum absolute atomic E-state index is 8.80. The fourth-order valence-corrected chi connectivity index (χ4v) is 2.85. The van der Waals surface area contributed by atoms with Crippen molar-refractivity contribution in [1.82, 2.24) is 4.90 Å². The highest BCUT2D eigenvalue weighted by atomic mass is 16.5. The SMILES string of the molecule is CC1(C(N)=NO)CCN(CCC2CCCO2)CC1. The van der Waals surface area contributed by atoms with Crippen LogP contribution in [0, 0.1) is 5.41 Å². The summed E-state index contributed by atoms with van der Waals surface area (Å²) >= 11 is 0. The Kier molecular flexibility index (Phi) is 4.45. The first kappa shape index (κ1) is 13.6. The topological polar surface area (TPSA) is 71.1 Å². The Morgan fingerprint density at radius 3 is 2.78 bits per heavy atom. The van der Waals surface area contributed by atoms with Crippen molar-refractivity contribution in [1.29, 1.82) is 0 Å². The molecule has 2 aliphatic rings. The van der Waals surface area contributed by atoms with E-state index in [2.05, 4.69) is 17.0 Å². The van der Waals surface area contributed by atoms with Crippen LogP contribution in [0.15, 0.2) is 5.16 Å². The standard InChI is InChI=1S/C13H25N3O2/c1-13(12(14)15-17)5-8-16(9-6-13)7-4-11-3-2-10-18-11/h11,17H,2-10H2,1H3,(H2,14,15). The molecule has 0 bridgehead atoms. The van der Waals surface area contributed by atoms with Crippen LogP contribution < -0.4 is 5.73 Å². The molecule has 0 aromatic carbocycles. The van der Waals surface area contributed by atoms with Gasteiger partial charge in [0.05, 0.1) is 6.10 Å². The molecule has 5 heteroatoms. The second-order valence-electron chi connectivity index (χ2n) is 5.81. The van der Waals surface area contributed by atoms with Crippen LogP contribution in [-0.4, -0.2) is 48.3 Å². The zero-order valence-electron chi connectivity index (χ0n) is 11.3. The van der Waals surface area contributed by atoms with Crippen molar-refractivity contribution < 1.29 is 9.94 Å². The summed E-state index contributed by atoms with van der Waals surface area (Å²) < 4.78 is 5.64. The smallest absolute Gasteiger partial charge is 0.145 e. The van der Waals surface area contributed by atoms with E-state index in [1.54, 1.807) is 0 Å². The largest absolute Gasteiger partial charge is 0.409 e. The van der Waals surface area contributed by atoms with Crippen LogP contribution in [0.5, 0.6) is 0 Å². The molecule has 5 nitrogen and oxygen atoms in total. The van der Waals surface area contributed by atoms with E-state index in [1.165, 1.54) is 12.8 Å². The molecule has 0 amide bonds. The van der Waals surface area contributed by atoms with Crippen LogP contribution in [0.2, 0.25) is 0 Å². The minimum Gasteiger partial charge on any atom is -0.409 e. The maximum atomic E-state index is 8.80. The summed E-state index contributed by atoms with van der Waals surface area (Å²) in [5.41, 5.74) is 5.63. The Hall–Kier alpha value is -0.810. The first-order valence-electron chi connectivity index (χ1n) is 6.96. The predicted octanol–water partition coefficient (Wildman–Crippen LogP) is 1.40. The molecule has 0 aliphatic carbocycles. The Labute approximate surface area is 109 Å². The summed E-state index contributed by atoms with van der Waals surface area (Å²) in [5.74, 6) is 0.376. The highest BCUT2D eigenvalue weighted by Crippen LogP contribution is 2.31. The number of oxime groups is 1. The van der Waals surface area contributed by atoms with Gasteiger partial charge in [-0.1, -0.05) is 12.1 Å². The summed E-state index contributed by atoms with van der Waals surface area (Å²) in [7, 11) is 0. The van der Waals surface area contributed by atoms with Crippen molar-refractivity contribution in [3.05, 3.63) is 0 Å². The van der Waals surface area contributed by atoms with E-state index in [1.807, 2.05) is 0 Å². The number of nitrogens with two attached hydrogens (primary N) is 1. The molecular formula is C13H25N3O2. The third-order valence-corrected chi connectivity index (χ3v) is 4.48. The fourth-order valence-electron chi connectivity index (χ4n) is 2.85. The van der Waals surface area contributed by atoms with Gasteiger partial charge in [0, 0.05) is 18.6 Å². The van der Waals surface area contributed by atoms with Gasteiger partial charge in [-0.15, -0.1) is 0 Å². The Bertz CT molecular complexity index is 293. The number of hydrogen-bond acceptors (Lipinski definition) is 4. The van der Waals surface area contributed by atoms with E-state index >= 15 is 0 Å². The zero-order valence-corrected chi connectivity index (χ0v) is 11.3. The highest BCUT2D eigenvalue weighted by molar-refractivity contribution is 5.85. The second-order valence-corrected chi connectivity index (χ2v) is 5.81. The maximum Gasteiger partial charge on any atom is 0.145 e. The summed E-state index contributed by atoms with van der Waals surface area (Å²) in [5, 5.41) is 12.0. The molecule has 0 radical (unpaired) electrons. The van der Waals surface area contributed by atoms with Gasteiger partial charge in [0.1, 0.15) is 5.84 Å². The molecule has 0 saturated carbocycles. The van der Waals surface area contributed by atoms with E-state index in [-0.39, 0.29) is 5.41 Å². The van der Waals surface area contributed by atoms with Gasteiger partial charge in [-0.25, -0.2) is 0 Å². The fraction of sp³-hybridized carbons (Fsp3) is 0.923. The van der Waals surface area contributed by atoms with Gasteiger partial charge < -0.3 is 20.6 Å². The van der Waals surface area contributed by atoms with Crippen molar-refractivity contribution in [2.75, 3.05) is 26.2 Å². The molecule has 3 N–H and O–H groups in total. The number of ether oxygens (including phenoxy) is 1. The molecule has 2 saturated heterocycles. The van der Waals surface area contributed by atoms with Crippen LogP contribution in [0.25, 0.3) is 0 Å². The van der Waals surface area contributed by atoms with Crippen molar-refractivity contribution in [3.8, 4) is 0 Å². The number of nitrogens with zero attached hydrogens (tertiary/aromatic N) is 2. The number of piperidine rings is 1. The van der Waals surface area contributed by atoms with Crippen LogP contribution in [0.4, 0.5) is 0 Å². The minimum absolute atomic E-state index is 0.130. The van der Waals surface area contributed by atoms with Crippen LogP contribution >= 0.6 is 0 Å². The van der Waals surface area contributed by atoms with Gasteiger partial charge in [-0.05, 0) is 45.2 Å².